The lowest BCUT2D eigenvalue weighted by molar-refractivity contribution is -0.305. The minimum Gasteiger partial charge on any atom is -0.454 e. The highest BCUT2D eigenvalue weighted by Gasteiger charge is 2.47. The molecule has 0 spiro atoms. The summed E-state index contributed by atoms with van der Waals surface area (Å²) in [6, 6.07) is -1.03. The topological polar surface area (TPSA) is 175 Å². The van der Waals surface area contributed by atoms with Gasteiger partial charge in [-0.25, -0.2) is 0 Å². The molecule has 1 rings (SSSR count). The molecular formula is C67H121NO10. The van der Waals surface area contributed by atoms with Crippen molar-refractivity contribution in [2.75, 3.05) is 13.2 Å². The molecule has 1 aliphatic rings. The molecule has 1 heterocycles. The molecule has 1 aliphatic heterocycles. The third-order valence-corrected chi connectivity index (χ3v) is 15.2. The van der Waals surface area contributed by atoms with E-state index in [1.54, 1.807) is 6.08 Å². The molecule has 0 saturated carbocycles. The Balaban J connectivity index is 2.64. The monoisotopic (exact) mass is 1100 g/mol. The number of rotatable bonds is 55. The van der Waals surface area contributed by atoms with E-state index in [4.69, 9.17) is 14.2 Å². The summed E-state index contributed by atoms with van der Waals surface area (Å²) in [6.45, 7) is 5.68. The predicted molar refractivity (Wildman–Crippen MR) is 324 cm³/mol. The van der Waals surface area contributed by atoms with Gasteiger partial charge in [-0.05, 0) is 83.5 Å². The molecule has 1 fully saturated rings. The summed E-state index contributed by atoms with van der Waals surface area (Å²) in [5, 5.41) is 57.0. The number of allylic oxidation sites excluding steroid dienone is 9. The number of hydrogen-bond acceptors (Lipinski definition) is 10. The fourth-order valence-electron chi connectivity index (χ4n) is 10.0. The summed E-state index contributed by atoms with van der Waals surface area (Å²) in [5.74, 6) is -1.21. The number of carbonyl (C=O) groups excluding carboxylic acids is 2. The van der Waals surface area contributed by atoms with Crippen molar-refractivity contribution in [1.82, 2.24) is 5.32 Å². The fraction of sp³-hybridized carbons (Fsp3) is 0.821. The van der Waals surface area contributed by atoms with Crippen LogP contribution >= 0.6 is 0 Å². The zero-order chi connectivity index (χ0) is 56.8. The van der Waals surface area contributed by atoms with Crippen molar-refractivity contribution in [3.8, 4) is 0 Å². The number of aliphatic hydroxyl groups excluding tert-OH is 5. The van der Waals surface area contributed by atoms with Crippen molar-refractivity contribution in [3.63, 3.8) is 0 Å². The van der Waals surface area contributed by atoms with Gasteiger partial charge in [0.1, 0.15) is 24.4 Å². The SMILES string of the molecule is CC/C=C/C/C=C/C/C=C/CCCCCCC(=O)OC1C(OCC(NC(=O)C(O)CCCCCCCCCCCCCC/C=C/CCCCCCCC)C(O)/C=C/CCCCCCCCCCCCC)OC(CO)C(O)C1O. The van der Waals surface area contributed by atoms with E-state index in [-0.39, 0.29) is 19.4 Å². The largest absolute Gasteiger partial charge is 0.454 e. The number of aliphatic hydroxyl groups is 5. The smallest absolute Gasteiger partial charge is 0.306 e. The second-order valence-corrected chi connectivity index (χ2v) is 22.5. The number of nitrogens with one attached hydrogen (secondary N) is 1. The Labute approximate surface area is 478 Å². The summed E-state index contributed by atoms with van der Waals surface area (Å²) in [4.78, 5) is 26.6. The van der Waals surface area contributed by atoms with Gasteiger partial charge in [-0.1, -0.05) is 261 Å². The van der Waals surface area contributed by atoms with Crippen LogP contribution < -0.4 is 5.32 Å². The lowest BCUT2D eigenvalue weighted by atomic mass is 9.99. The average molecular weight is 1100 g/mol. The van der Waals surface area contributed by atoms with E-state index in [2.05, 4.69) is 74.7 Å². The molecule has 78 heavy (non-hydrogen) atoms. The summed E-state index contributed by atoms with van der Waals surface area (Å²) in [7, 11) is 0. The highest BCUT2D eigenvalue weighted by Crippen LogP contribution is 2.26. The molecule has 0 radical (unpaired) electrons. The fourth-order valence-corrected chi connectivity index (χ4v) is 10.0. The van der Waals surface area contributed by atoms with E-state index in [0.717, 1.165) is 83.5 Å². The van der Waals surface area contributed by atoms with Crippen molar-refractivity contribution in [1.29, 1.82) is 0 Å². The van der Waals surface area contributed by atoms with Gasteiger partial charge in [0.2, 0.25) is 5.91 Å². The van der Waals surface area contributed by atoms with E-state index < -0.39 is 67.4 Å². The summed E-state index contributed by atoms with van der Waals surface area (Å²) >= 11 is 0. The second-order valence-electron chi connectivity index (χ2n) is 22.5. The van der Waals surface area contributed by atoms with Gasteiger partial charge in [0.25, 0.3) is 0 Å². The van der Waals surface area contributed by atoms with Crippen LogP contribution in [0, 0.1) is 0 Å². The van der Waals surface area contributed by atoms with E-state index in [0.29, 0.717) is 12.8 Å². The average Bonchev–Trinajstić information content (AvgIpc) is 3.46. The summed E-state index contributed by atoms with van der Waals surface area (Å²) in [6.07, 6.45) is 58.4. The van der Waals surface area contributed by atoms with E-state index >= 15 is 0 Å². The molecule has 8 atom stereocenters. The van der Waals surface area contributed by atoms with Gasteiger partial charge < -0.3 is 45.1 Å². The summed E-state index contributed by atoms with van der Waals surface area (Å²) < 4.78 is 17.6. The van der Waals surface area contributed by atoms with Crippen molar-refractivity contribution in [2.24, 2.45) is 0 Å². The molecule has 0 aromatic rings. The third-order valence-electron chi connectivity index (χ3n) is 15.2. The van der Waals surface area contributed by atoms with Crippen LogP contribution in [0.4, 0.5) is 0 Å². The first kappa shape index (κ1) is 73.4. The van der Waals surface area contributed by atoms with E-state index in [1.807, 2.05) is 6.08 Å². The van der Waals surface area contributed by atoms with Crippen LogP contribution in [0.2, 0.25) is 0 Å². The van der Waals surface area contributed by atoms with Crippen LogP contribution in [0.25, 0.3) is 0 Å². The standard InChI is InChI=1S/C67H121NO10/c1-4-7-10-13-16-19-22-25-27-28-29-30-31-32-33-34-36-39-42-45-48-51-54-60(71)66(75)68-58(59(70)53-50-47-44-41-38-35-24-21-18-15-12-9-6-3)57-76-67-65(64(74)63(73)61(56-69)77-67)78-62(72)55-52-49-46-43-40-37-26-23-20-17-14-11-8-5-2/h8,11,17,20,25-27,37,50,53,58-61,63-65,67,69-71,73-74H,4-7,9-10,12-16,18-19,21-24,28-36,38-49,51-52,54-57H2,1-3H3,(H,68,75)/b11-8+,20-17+,27-25+,37-26+,53-50+. The summed E-state index contributed by atoms with van der Waals surface area (Å²) in [5.41, 5.74) is 0. The first-order valence-electron chi connectivity index (χ1n) is 32.6. The minimum absolute atomic E-state index is 0.0972. The number of carbonyl (C=O) groups is 2. The Hall–Kier alpha value is -2.64. The molecule has 0 aliphatic carbocycles. The van der Waals surface area contributed by atoms with Crippen molar-refractivity contribution in [2.45, 2.75) is 339 Å². The molecule has 1 amide bonds. The minimum atomic E-state index is -1.62. The molecule has 0 aromatic heterocycles. The lowest BCUT2D eigenvalue weighted by Crippen LogP contribution is -2.61. The van der Waals surface area contributed by atoms with Crippen molar-refractivity contribution in [3.05, 3.63) is 60.8 Å². The first-order chi connectivity index (χ1) is 38.2. The number of hydrogen-bond donors (Lipinski definition) is 6. The Morgan fingerprint density at radius 2 is 0.923 bits per heavy atom. The van der Waals surface area contributed by atoms with Crippen LogP contribution in [0.1, 0.15) is 290 Å². The van der Waals surface area contributed by atoms with Gasteiger partial charge >= 0.3 is 5.97 Å². The normalized spacial score (nSPS) is 19.3. The molecule has 1 saturated heterocycles. The molecule has 454 valence electrons. The maximum atomic E-state index is 13.5. The van der Waals surface area contributed by atoms with Gasteiger partial charge in [0.05, 0.1) is 25.4 Å². The maximum absolute atomic E-state index is 13.5. The zero-order valence-electron chi connectivity index (χ0n) is 50.3. The van der Waals surface area contributed by atoms with Crippen LogP contribution in [0.15, 0.2) is 60.8 Å². The lowest BCUT2D eigenvalue weighted by Gasteiger charge is -2.41. The molecule has 0 bridgehead atoms. The Morgan fingerprint density at radius 1 is 0.513 bits per heavy atom. The van der Waals surface area contributed by atoms with Crippen LogP contribution in [-0.2, 0) is 23.8 Å². The van der Waals surface area contributed by atoms with Crippen LogP contribution in [0.3, 0.4) is 0 Å². The van der Waals surface area contributed by atoms with Gasteiger partial charge in [0.15, 0.2) is 12.4 Å². The molecule has 8 unspecified atom stereocenters. The quantitative estimate of drug-likeness (QED) is 0.0195. The second kappa shape index (κ2) is 54.9. The maximum Gasteiger partial charge on any atom is 0.306 e. The van der Waals surface area contributed by atoms with E-state index in [9.17, 15) is 35.1 Å². The number of amides is 1. The van der Waals surface area contributed by atoms with Crippen LogP contribution in [0.5, 0.6) is 0 Å². The van der Waals surface area contributed by atoms with Crippen LogP contribution in [-0.4, -0.2) is 99.6 Å². The molecular weight excluding hydrogens is 979 g/mol. The highest BCUT2D eigenvalue weighted by atomic mass is 16.7. The molecule has 0 aromatic carbocycles. The molecule has 6 N–H and O–H groups in total. The van der Waals surface area contributed by atoms with Gasteiger partial charge in [-0.15, -0.1) is 0 Å². The Morgan fingerprint density at radius 3 is 1.40 bits per heavy atom. The zero-order valence-corrected chi connectivity index (χ0v) is 50.3. The highest BCUT2D eigenvalue weighted by molar-refractivity contribution is 5.80. The first-order valence-corrected chi connectivity index (χ1v) is 32.6. The van der Waals surface area contributed by atoms with Crippen molar-refractivity contribution < 1.29 is 49.3 Å². The number of esters is 1. The molecule has 11 nitrogen and oxygen atoms in total. The van der Waals surface area contributed by atoms with E-state index in [1.165, 1.54) is 161 Å². The number of unbranched alkanes of at least 4 members (excludes halogenated alkanes) is 33. The van der Waals surface area contributed by atoms with Crippen molar-refractivity contribution >= 4 is 11.9 Å². The number of ether oxygens (including phenoxy) is 3. The Bertz CT molecular complexity index is 1500. The third kappa shape index (κ3) is 42.2. The molecule has 11 heteroatoms. The van der Waals surface area contributed by atoms with Gasteiger partial charge in [0, 0.05) is 6.42 Å². The van der Waals surface area contributed by atoms with Gasteiger partial charge in [-0.2, -0.15) is 0 Å². The van der Waals surface area contributed by atoms with Gasteiger partial charge in [-0.3, -0.25) is 9.59 Å². The Kier molecular flexibility index (Phi) is 51.7. The predicted octanol–water partition coefficient (Wildman–Crippen LogP) is 15.8.